The van der Waals surface area contributed by atoms with E-state index in [0.717, 1.165) is 12.8 Å². The molecule has 1 atom stereocenters. The number of halogens is 2. The van der Waals surface area contributed by atoms with E-state index in [1.807, 2.05) is 0 Å². The van der Waals surface area contributed by atoms with Crippen LogP contribution in [0.4, 0.5) is 0 Å². The second-order valence-corrected chi connectivity index (χ2v) is 5.21. The predicted octanol–water partition coefficient (Wildman–Crippen LogP) is -3.32. The van der Waals surface area contributed by atoms with Gasteiger partial charge in [-0.2, -0.15) is 0 Å². The van der Waals surface area contributed by atoms with E-state index >= 15 is 0 Å². The van der Waals surface area contributed by atoms with Gasteiger partial charge in [-0.25, -0.2) is 0 Å². The van der Waals surface area contributed by atoms with Crippen LogP contribution in [0, 0.1) is 5.41 Å². The minimum atomic E-state index is -0.583. The molecule has 0 aromatic carbocycles. The summed E-state index contributed by atoms with van der Waals surface area (Å²) in [5, 5.41) is 3.00. The molecule has 7 heteroatoms. The molecule has 0 bridgehead atoms. The average molecular weight is 346 g/mol. The maximum atomic E-state index is 10.8. The molecule has 0 aromatic heterocycles. The molecule has 1 aliphatic carbocycles. The average Bonchev–Trinajstić information content (AvgIpc) is 1.98. The predicted molar refractivity (Wildman–Crippen MR) is 64.9 cm³/mol. The fraction of sp³-hybridized carbons (Fsp3) is 0.833. The maximum absolute atomic E-state index is 10.8. The van der Waals surface area contributed by atoms with Gasteiger partial charge in [0, 0.05) is 18.9 Å². The fourth-order valence-corrected chi connectivity index (χ4v) is 2.11. The molecular formula is C12H23Cl2N2O2Ti. The van der Waals surface area contributed by atoms with Gasteiger partial charge in [0.05, 0.1) is 0 Å². The zero-order valence-electron chi connectivity index (χ0n) is 12.0. The van der Waals surface area contributed by atoms with Gasteiger partial charge in [0.1, 0.15) is 0 Å². The van der Waals surface area contributed by atoms with Gasteiger partial charge in [-0.3, -0.25) is 4.79 Å². The van der Waals surface area contributed by atoms with E-state index in [1.165, 1.54) is 19.8 Å². The summed E-state index contributed by atoms with van der Waals surface area (Å²) < 4.78 is 0. The number of amides is 2. The van der Waals surface area contributed by atoms with Crippen LogP contribution in [0.1, 0.15) is 53.4 Å². The van der Waals surface area contributed by atoms with Crippen LogP contribution in [-0.4, -0.2) is 17.9 Å². The Morgan fingerprint density at radius 3 is 1.95 bits per heavy atom. The first kappa shape index (κ1) is 27.6. The molecule has 19 heavy (non-hydrogen) atoms. The van der Waals surface area contributed by atoms with E-state index in [4.69, 9.17) is 10.5 Å². The van der Waals surface area contributed by atoms with Crippen LogP contribution in [-0.2, 0) is 31.3 Å². The van der Waals surface area contributed by atoms with E-state index in [9.17, 15) is 4.79 Å². The first-order valence-corrected chi connectivity index (χ1v) is 5.72. The molecule has 1 unspecified atom stereocenters. The molecule has 0 saturated heterocycles. The van der Waals surface area contributed by atoms with Crippen LogP contribution < -0.4 is 30.1 Å². The third-order valence-electron chi connectivity index (χ3n) is 2.61. The van der Waals surface area contributed by atoms with Crippen molar-refractivity contribution in [3.05, 3.63) is 5.73 Å². The van der Waals surface area contributed by atoms with Crippen molar-refractivity contribution in [2.75, 3.05) is 0 Å². The van der Waals surface area contributed by atoms with Gasteiger partial charge in [-0.1, -0.05) is 20.3 Å². The topological polar surface area (TPSA) is 70.0 Å². The third kappa shape index (κ3) is 18.2. The van der Waals surface area contributed by atoms with E-state index in [2.05, 4.69) is 19.2 Å². The standard InChI is InChI=1S/C10H19NO.C2H5NO.2ClH.Ti/c1-8(12)11-9-5-4-6-10(2,3)7-9;1-2(3)4;;;/h9H,4-7H2,1-3H3,(H,11,12);1H3,(H2,3,4);2*1H;/q;;;;+3/p-3. The van der Waals surface area contributed by atoms with E-state index in [0.29, 0.717) is 11.5 Å². The van der Waals surface area contributed by atoms with Crippen molar-refractivity contribution < 1.29 is 56.1 Å². The van der Waals surface area contributed by atoms with Crippen molar-refractivity contribution in [3.63, 3.8) is 0 Å². The molecule has 1 radical (unpaired) electrons. The number of carbonyl (C=O) groups is 2. The molecule has 1 aliphatic rings. The Morgan fingerprint density at radius 2 is 1.63 bits per heavy atom. The summed E-state index contributed by atoms with van der Waals surface area (Å²) in [6.07, 6.45) is 4.83. The first-order valence-electron chi connectivity index (χ1n) is 5.72. The Morgan fingerprint density at radius 1 is 1.21 bits per heavy atom. The molecule has 1 fully saturated rings. The molecule has 2 amide bonds. The Labute approximate surface area is 143 Å². The zero-order chi connectivity index (χ0) is 12.8. The zero-order valence-corrected chi connectivity index (χ0v) is 15.1. The summed E-state index contributed by atoms with van der Waals surface area (Å²) in [5.74, 6) is -0.474. The van der Waals surface area contributed by atoms with Crippen LogP contribution in [0.5, 0.6) is 0 Å². The van der Waals surface area contributed by atoms with Crippen molar-refractivity contribution in [3.8, 4) is 0 Å². The molecular weight excluding hydrogens is 323 g/mol. The number of hydrogen-bond acceptors (Lipinski definition) is 2. The Bertz CT molecular complexity index is 260. The van der Waals surface area contributed by atoms with Crippen molar-refractivity contribution in [2.24, 2.45) is 5.41 Å². The van der Waals surface area contributed by atoms with E-state index < -0.39 is 5.91 Å². The first-order chi connectivity index (χ1) is 7.23. The van der Waals surface area contributed by atoms with Crippen LogP contribution in [0.15, 0.2) is 0 Å². The van der Waals surface area contributed by atoms with Gasteiger partial charge in [0.25, 0.3) is 0 Å². The third-order valence-corrected chi connectivity index (χ3v) is 2.61. The second-order valence-electron chi connectivity index (χ2n) is 5.21. The van der Waals surface area contributed by atoms with Crippen molar-refractivity contribution >= 4 is 11.8 Å². The molecule has 0 aliphatic heterocycles. The van der Waals surface area contributed by atoms with Crippen molar-refractivity contribution in [2.45, 2.75) is 59.4 Å². The molecule has 4 nitrogen and oxygen atoms in total. The smallest absolute Gasteiger partial charge is 1.00 e. The van der Waals surface area contributed by atoms with Gasteiger partial charge in [0.15, 0.2) is 0 Å². The number of nitrogens with one attached hydrogen (secondary N) is 2. The summed E-state index contributed by atoms with van der Waals surface area (Å²) >= 11 is 0. The van der Waals surface area contributed by atoms with Crippen LogP contribution >= 0.6 is 0 Å². The van der Waals surface area contributed by atoms with Crippen LogP contribution in [0.25, 0.3) is 5.73 Å². The molecule has 1 rings (SSSR count). The van der Waals surface area contributed by atoms with Gasteiger partial charge < -0.3 is 40.7 Å². The Hall–Kier alpha value is 0.234. The summed E-state index contributed by atoms with van der Waals surface area (Å²) in [5.41, 5.74) is 6.37. The number of hydrogen-bond donors (Lipinski definition) is 1. The van der Waals surface area contributed by atoms with E-state index in [1.54, 1.807) is 6.92 Å². The molecule has 2 N–H and O–H groups in total. The molecule has 0 aromatic rings. The van der Waals surface area contributed by atoms with Gasteiger partial charge in [0.2, 0.25) is 5.91 Å². The molecule has 111 valence electrons. The van der Waals surface area contributed by atoms with Crippen LogP contribution in [0.2, 0.25) is 0 Å². The van der Waals surface area contributed by atoms with Gasteiger partial charge in [-0.05, 0) is 31.6 Å². The summed E-state index contributed by atoms with van der Waals surface area (Å²) in [4.78, 5) is 19.9. The Kier molecular flexibility index (Phi) is 19.2. The second kappa shape index (κ2) is 13.2. The van der Waals surface area contributed by atoms with Crippen molar-refractivity contribution in [1.29, 1.82) is 0 Å². The molecule has 1 saturated carbocycles. The fourth-order valence-electron chi connectivity index (χ4n) is 2.11. The quantitative estimate of drug-likeness (QED) is 0.505. The Balaban J connectivity index is -0.000000144. The summed E-state index contributed by atoms with van der Waals surface area (Å²) in [6.45, 7) is 7.35. The monoisotopic (exact) mass is 345 g/mol. The minimum Gasteiger partial charge on any atom is -1.00 e. The molecule has 0 heterocycles. The summed E-state index contributed by atoms with van der Waals surface area (Å²) in [7, 11) is 0. The minimum absolute atomic E-state index is 0. The van der Waals surface area contributed by atoms with Crippen molar-refractivity contribution in [1.82, 2.24) is 5.32 Å². The van der Waals surface area contributed by atoms with Gasteiger partial charge >= 0.3 is 21.7 Å². The maximum Gasteiger partial charge on any atom is 3.00 e. The molecule has 0 spiro atoms. The largest absolute Gasteiger partial charge is 3.00 e. The number of rotatable bonds is 1. The van der Waals surface area contributed by atoms with E-state index in [-0.39, 0.29) is 52.4 Å². The number of carbonyl (C=O) groups excluding carboxylic acids is 2. The van der Waals surface area contributed by atoms with Gasteiger partial charge in [-0.15, -0.1) is 0 Å². The van der Waals surface area contributed by atoms with Crippen LogP contribution in [0.3, 0.4) is 0 Å². The SMILES string of the molecule is CC(=O)NC1CCCC(C)(C)C1.CC([NH-])=O.[Cl-].[Cl-].[Ti+3]. The summed E-state index contributed by atoms with van der Waals surface area (Å²) in [6, 6.07) is 0.422. The normalized spacial score (nSPS) is 19.1.